The van der Waals surface area contributed by atoms with Crippen LogP contribution in [0.4, 0.5) is 0 Å². The van der Waals surface area contributed by atoms with Crippen LogP contribution < -0.4 is 10.5 Å². The van der Waals surface area contributed by atoms with Crippen molar-refractivity contribution in [2.75, 3.05) is 5.75 Å². The van der Waals surface area contributed by atoms with Gasteiger partial charge in [-0.1, -0.05) is 35.5 Å². The number of benzene rings is 1. The van der Waals surface area contributed by atoms with Gasteiger partial charge in [0.25, 0.3) is 0 Å². The Kier molecular flexibility index (Phi) is 4.30. The van der Waals surface area contributed by atoms with E-state index in [0.29, 0.717) is 11.1 Å². The minimum absolute atomic E-state index is 0.0856. The molecule has 4 heteroatoms. The molecule has 0 spiro atoms. The summed E-state index contributed by atoms with van der Waals surface area (Å²) < 4.78 is 5.91. The van der Waals surface area contributed by atoms with Gasteiger partial charge in [-0.2, -0.15) is 0 Å². The molecular weight excluding hydrogens is 292 g/mol. The van der Waals surface area contributed by atoms with E-state index >= 15 is 0 Å². The highest BCUT2D eigenvalue weighted by atomic mass is 32.2. The smallest absolute Gasteiger partial charge is 0.154 e. The van der Waals surface area contributed by atoms with Crippen molar-refractivity contribution in [2.24, 2.45) is 16.6 Å². The minimum Gasteiger partial charge on any atom is -0.458 e. The van der Waals surface area contributed by atoms with Gasteiger partial charge in [-0.3, -0.25) is 4.99 Å². The molecule has 2 atom stereocenters. The molecule has 0 saturated carbocycles. The maximum atomic E-state index is 5.91. The first-order chi connectivity index (χ1) is 10.5. The van der Waals surface area contributed by atoms with E-state index in [1.165, 1.54) is 5.56 Å². The minimum atomic E-state index is -0.0856. The fourth-order valence-corrected chi connectivity index (χ4v) is 3.85. The molecule has 0 fully saturated rings. The second kappa shape index (κ2) is 6.21. The summed E-state index contributed by atoms with van der Waals surface area (Å²) in [7, 11) is 0. The van der Waals surface area contributed by atoms with Crippen molar-refractivity contribution in [3.05, 3.63) is 53.8 Å². The Morgan fingerprint density at radius 2 is 2.09 bits per heavy atom. The summed E-state index contributed by atoms with van der Waals surface area (Å²) in [6, 6.07) is 8.12. The number of hydrogen-bond donors (Lipinski definition) is 1. The normalized spacial score (nSPS) is 28.0. The summed E-state index contributed by atoms with van der Waals surface area (Å²) in [5.74, 6) is 3.22. The van der Waals surface area contributed by atoms with Crippen LogP contribution in [-0.2, 0) is 0 Å². The van der Waals surface area contributed by atoms with Crippen LogP contribution >= 0.6 is 11.8 Å². The van der Waals surface area contributed by atoms with Gasteiger partial charge in [0, 0.05) is 11.7 Å². The van der Waals surface area contributed by atoms with E-state index in [1.807, 2.05) is 12.1 Å². The van der Waals surface area contributed by atoms with Gasteiger partial charge in [-0.25, -0.2) is 0 Å². The van der Waals surface area contributed by atoms with Crippen molar-refractivity contribution in [3.63, 3.8) is 0 Å². The Morgan fingerprint density at radius 3 is 2.73 bits per heavy atom. The SMILES string of the molecule is Cc1ccc(OC2=CCC(C3(C)CCSC(N)=N3)C=C2)cc1. The largest absolute Gasteiger partial charge is 0.458 e. The van der Waals surface area contributed by atoms with Crippen molar-refractivity contribution < 1.29 is 4.74 Å². The third kappa shape index (κ3) is 3.38. The maximum absolute atomic E-state index is 5.91. The molecule has 2 N–H and O–H groups in total. The topological polar surface area (TPSA) is 47.6 Å². The van der Waals surface area contributed by atoms with Crippen molar-refractivity contribution in [1.29, 1.82) is 0 Å². The number of hydrogen-bond acceptors (Lipinski definition) is 4. The second-order valence-electron chi connectivity index (χ2n) is 6.13. The van der Waals surface area contributed by atoms with Gasteiger partial charge in [-0.15, -0.1) is 0 Å². The Labute approximate surface area is 136 Å². The van der Waals surface area contributed by atoms with Gasteiger partial charge in [0.15, 0.2) is 5.17 Å². The Morgan fingerprint density at radius 1 is 1.32 bits per heavy atom. The fourth-order valence-electron chi connectivity index (χ4n) is 2.85. The summed E-state index contributed by atoms with van der Waals surface area (Å²) >= 11 is 1.65. The molecular formula is C18H22N2OS. The molecule has 0 aromatic heterocycles. The van der Waals surface area contributed by atoms with E-state index in [9.17, 15) is 0 Å². The zero-order chi connectivity index (χ0) is 15.6. The molecule has 0 amide bonds. The molecule has 3 nitrogen and oxygen atoms in total. The number of aliphatic imine (C=N–C) groups is 1. The quantitative estimate of drug-likeness (QED) is 0.916. The van der Waals surface area contributed by atoms with Crippen molar-refractivity contribution in [2.45, 2.75) is 32.2 Å². The second-order valence-corrected chi connectivity index (χ2v) is 7.24. The predicted octanol–water partition coefficient (Wildman–Crippen LogP) is 4.04. The number of ether oxygens (including phenoxy) is 1. The molecule has 22 heavy (non-hydrogen) atoms. The first-order valence-corrected chi connectivity index (χ1v) is 8.65. The molecule has 0 saturated heterocycles. The zero-order valence-corrected chi connectivity index (χ0v) is 13.9. The summed E-state index contributed by atoms with van der Waals surface area (Å²) in [6.45, 7) is 4.28. The van der Waals surface area contributed by atoms with Crippen LogP contribution in [0.2, 0.25) is 0 Å². The molecule has 2 unspecified atom stereocenters. The van der Waals surface area contributed by atoms with E-state index < -0.39 is 0 Å². The molecule has 1 aliphatic carbocycles. The van der Waals surface area contributed by atoms with Gasteiger partial charge in [0.05, 0.1) is 5.54 Å². The highest BCUT2D eigenvalue weighted by Gasteiger charge is 2.35. The summed E-state index contributed by atoms with van der Waals surface area (Å²) in [6.07, 6.45) is 8.44. The number of allylic oxidation sites excluding steroid dienone is 2. The van der Waals surface area contributed by atoms with Crippen LogP contribution in [0.15, 0.2) is 53.2 Å². The molecule has 2 aliphatic rings. The molecule has 0 radical (unpaired) electrons. The van der Waals surface area contributed by atoms with Gasteiger partial charge in [0.1, 0.15) is 11.5 Å². The van der Waals surface area contributed by atoms with Gasteiger partial charge in [0.2, 0.25) is 0 Å². The molecule has 3 rings (SSSR count). The molecule has 1 aromatic carbocycles. The van der Waals surface area contributed by atoms with E-state index in [0.717, 1.165) is 30.1 Å². The lowest BCUT2D eigenvalue weighted by molar-refractivity contribution is 0.334. The number of nitrogens with two attached hydrogens (primary N) is 1. The zero-order valence-electron chi connectivity index (χ0n) is 13.1. The van der Waals surface area contributed by atoms with Gasteiger partial charge >= 0.3 is 0 Å². The molecule has 0 bridgehead atoms. The summed E-state index contributed by atoms with van der Waals surface area (Å²) in [5, 5.41) is 0.716. The van der Waals surface area contributed by atoms with Gasteiger partial charge < -0.3 is 10.5 Å². The van der Waals surface area contributed by atoms with E-state index in [4.69, 9.17) is 15.5 Å². The number of thioether (sulfide) groups is 1. The highest BCUT2D eigenvalue weighted by Crippen LogP contribution is 2.37. The first kappa shape index (κ1) is 15.2. The van der Waals surface area contributed by atoms with Crippen molar-refractivity contribution in [3.8, 4) is 5.75 Å². The maximum Gasteiger partial charge on any atom is 0.154 e. The van der Waals surface area contributed by atoms with Crippen LogP contribution in [0.5, 0.6) is 5.75 Å². The summed E-state index contributed by atoms with van der Waals surface area (Å²) in [4.78, 5) is 4.69. The highest BCUT2D eigenvalue weighted by molar-refractivity contribution is 8.13. The Balaban J connectivity index is 1.66. The Bertz CT molecular complexity index is 633. The average molecular weight is 314 g/mol. The van der Waals surface area contributed by atoms with Crippen LogP contribution in [0.25, 0.3) is 0 Å². The monoisotopic (exact) mass is 314 g/mol. The van der Waals surface area contributed by atoms with Gasteiger partial charge in [-0.05, 0) is 51.0 Å². The van der Waals surface area contributed by atoms with E-state index in [1.54, 1.807) is 11.8 Å². The third-order valence-corrected chi connectivity index (χ3v) is 5.14. The average Bonchev–Trinajstić information content (AvgIpc) is 2.50. The van der Waals surface area contributed by atoms with Crippen molar-refractivity contribution in [1.82, 2.24) is 0 Å². The number of amidine groups is 1. The van der Waals surface area contributed by atoms with E-state index in [2.05, 4.69) is 44.2 Å². The van der Waals surface area contributed by atoms with Crippen LogP contribution in [0.3, 0.4) is 0 Å². The number of nitrogens with zero attached hydrogens (tertiary/aromatic N) is 1. The lowest BCUT2D eigenvalue weighted by Gasteiger charge is -2.36. The van der Waals surface area contributed by atoms with Crippen LogP contribution in [0, 0.1) is 12.8 Å². The molecule has 1 aromatic rings. The molecule has 1 heterocycles. The number of rotatable bonds is 3. The van der Waals surface area contributed by atoms with Crippen LogP contribution in [-0.4, -0.2) is 16.5 Å². The summed E-state index contributed by atoms with van der Waals surface area (Å²) in [5.41, 5.74) is 7.06. The first-order valence-electron chi connectivity index (χ1n) is 7.66. The predicted molar refractivity (Wildman–Crippen MR) is 94.2 cm³/mol. The number of aryl methyl sites for hydroxylation is 1. The van der Waals surface area contributed by atoms with E-state index in [-0.39, 0.29) is 5.54 Å². The fraction of sp³-hybridized carbons (Fsp3) is 0.389. The lowest BCUT2D eigenvalue weighted by Crippen LogP contribution is -2.38. The standard InChI is InChI=1S/C18H22N2OS/c1-13-3-7-15(8-4-13)21-16-9-5-14(6-10-16)18(2)11-12-22-17(19)20-18/h3-5,7-10,14H,6,11-12H2,1-2H3,(H2,19,20). The Hall–Kier alpha value is -1.68. The lowest BCUT2D eigenvalue weighted by atomic mass is 9.79. The van der Waals surface area contributed by atoms with Crippen LogP contribution in [0.1, 0.15) is 25.3 Å². The molecule has 116 valence electrons. The third-order valence-electron chi connectivity index (χ3n) is 4.35. The molecule has 1 aliphatic heterocycles. The van der Waals surface area contributed by atoms with Crippen molar-refractivity contribution >= 4 is 16.9 Å².